The van der Waals surface area contributed by atoms with Gasteiger partial charge >= 0.3 is 6.18 Å². The molecule has 0 aliphatic carbocycles. The zero-order valence-electron chi connectivity index (χ0n) is 24.4. The number of alkyl halides is 3. The molecule has 0 radical (unpaired) electrons. The fourth-order valence-corrected chi connectivity index (χ4v) is 5.33. The van der Waals surface area contributed by atoms with Crippen molar-refractivity contribution in [1.82, 2.24) is 20.1 Å². The number of carbonyl (C=O) groups is 2. The molecule has 12 heteroatoms. The number of nitrogens with zero attached hydrogens (tertiary/aromatic N) is 3. The number of ether oxygens (including phenoxy) is 1. The van der Waals surface area contributed by atoms with Gasteiger partial charge in [0.25, 0.3) is 5.91 Å². The molecule has 234 valence electrons. The second-order valence-electron chi connectivity index (χ2n) is 11.1. The Morgan fingerprint density at radius 2 is 1.61 bits per heavy atom. The molecular weight excluding hydrogens is 602 g/mol. The highest BCUT2D eigenvalue weighted by atomic mass is 19.4. The molecule has 0 saturated heterocycles. The number of fused-ring (bicyclic) bond motifs is 1. The van der Waals surface area contributed by atoms with Crippen LogP contribution < -0.4 is 15.8 Å². The van der Waals surface area contributed by atoms with Gasteiger partial charge in [0.2, 0.25) is 5.91 Å². The number of nitrogens with one attached hydrogen (secondary N) is 1. The van der Waals surface area contributed by atoms with Gasteiger partial charge in [-0.15, -0.1) is 0 Å². The fourth-order valence-electron chi connectivity index (χ4n) is 5.33. The van der Waals surface area contributed by atoms with E-state index in [2.05, 4.69) is 15.4 Å². The zero-order valence-corrected chi connectivity index (χ0v) is 24.4. The summed E-state index contributed by atoms with van der Waals surface area (Å²) >= 11 is 0. The van der Waals surface area contributed by atoms with E-state index in [4.69, 9.17) is 10.5 Å². The Hall–Kier alpha value is -5.52. The van der Waals surface area contributed by atoms with Gasteiger partial charge in [-0.3, -0.25) is 9.59 Å². The molecular formula is C34H27F4N5O3. The number of para-hydroxylation sites is 1. The smallest absolute Gasteiger partial charge is 0.398 e. The Bertz CT molecular complexity index is 1910. The molecule has 3 heterocycles. The molecule has 3 aromatic carbocycles. The van der Waals surface area contributed by atoms with Crippen LogP contribution in [0.1, 0.15) is 34.5 Å². The van der Waals surface area contributed by atoms with Crippen LogP contribution in [0.5, 0.6) is 5.75 Å². The maximum Gasteiger partial charge on any atom is 0.398 e. The Balaban J connectivity index is 1.39. The summed E-state index contributed by atoms with van der Waals surface area (Å²) in [6, 6.07) is 23.9. The minimum Gasteiger partial charge on any atom is -0.489 e. The number of rotatable bonds is 8. The second kappa shape index (κ2) is 11.8. The van der Waals surface area contributed by atoms with E-state index in [-0.39, 0.29) is 40.4 Å². The predicted molar refractivity (Wildman–Crippen MR) is 162 cm³/mol. The number of nitrogens with two attached hydrogens (primary N) is 1. The van der Waals surface area contributed by atoms with E-state index >= 15 is 0 Å². The summed E-state index contributed by atoms with van der Waals surface area (Å²) < 4.78 is 65.2. The van der Waals surface area contributed by atoms with E-state index in [9.17, 15) is 27.2 Å². The molecule has 5 aromatic rings. The van der Waals surface area contributed by atoms with Crippen molar-refractivity contribution in [2.75, 3.05) is 13.2 Å². The number of benzene rings is 3. The molecule has 0 saturated carbocycles. The van der Waals surface area contributed by atoms with Crippen molar-refractivity contribution in [3.8, 4) is 34.0 Å². The molecule has 46 heavy (non-hydrogen) atoms. The van der Waals surface area contributed by atoms with E-state index in [1.807, 2.05) is 6.07 Å². The number of hydrogen-bond donors (Lipinski definition) is 2. The number of primary amides is 1. The van der Waals surface area contributed by atoms with Gasteiger partial charge in [0.1, 0.15) is 40.9 Å². The van der Waals surface area contributed by atoms with Crippen molar-refractivity contribution < 1.29 is 31.9 Å². The SMILES string of the molecule is C[C@]1(C(N)=O)COc2c1cc([C@@H](CNC(=O)c1cn(-c3ccccc3)nc1-c1ccccc1)C(F)(F)F)nc2-c1ccc(F)cc1. The van der Waals surface area contributed by atoms with Crippen LogP contribution in [0.15, 0.2) is 97.2 Å². The van der Waals surface area contributed by atoms with Crippen LogP contribution in [0.2, 0.25) is 0 Å². The van der Waals surface area contributed by atoms with Crippen molar-refractivity contribution in [1.29, 1.82) is 0 Å². The lowest BCUT2D eigenvalue weighted by atomic mass is 9.82. The molecule has 0 spiro atoms. The molecule has 2 atom stereocenters. The van der Waals surface area contributed by atoms with Crippen molar-refractivity contribution in [3.05, 3.63) is 120 Å². The number of halogens is 4. The van der Waals surface area contributed by atoms with Gasteiger partial charge in [-0.2, -0.15) is 18.3 Å². The summed E-state index contributed by atoms with van der Waals surface area (Å²) in [7, 11) is 0. The third-order valence-corrected chi connectivity index (χ3v) is 8.00. The molecule has 3 N–H and O–H groups in total. The number of hydrogen-bond acceptors (Lipinski definition) is 5. The summed E-state index contributed by atoms with van der Waals surface area (Å²) in [6.45, 7) is 0.382. The van der Waals surface area contributed by atoms with Crippen molar-refractivity contribution in [2.45, 2.75) is 24.4 Å². The highest BCUT2D eigenvalue weighted by molar-refractivity contribution is 6.00. The van der Waals surface area contributed by atoms with Gasteiger partial charge in [0.15, 0.2) is 0 Å². The van der Waals surface area contributed by atoms with E-state index < -0.39 is 47.4 Å². The molecule has 2 amide bonds. The van der Waals surface area contributed by atoms with Crippen LogP contribution in [-0.4, -0.2) is 45.9 Å². The van der Waals surface area contributed by atoms with Crippen molar-refractivity contribution >= 4 is 11.8 Å². The Labute approximate surface area is 260 Å². The molecule has 2 aromatic heterocycles. The first-order valence-electron chi connectivity index (χ1n) is 14.2. The quantitative estimate of drug-likeness (QED) is 0.206. The van der Waals surface area contributed by atoms with Crippen LogP contribution in [0.3, 0.4) is 0 Å². The molecule has 6 rings (SSSR count). The van der Waals surface area contributed by atoms with Gasteiger partial charge in [-0.25, -0.2) is 14.1 Å². The van der Waals surface area contributed by atoms with Crippen LogP contribution in [-0.2, 0) is 10.2 Å². The monoisotopic (exact) mass is 629 g/mol. The average Bonchev–Trinajstić information content (AvgIpc) is 3.64. The third kappa shape index (κ3) is 5.69. The van der Waals surface area contributed by atoms with Gasteiger partial charge in [0.05, 0.1) is 16.9 Å². The Morgan fingerprint density at radius 1 is 0.978 bits per heavy atom. The number of aromatic nitrogens is 3. The molecule has 0 fully saturated rings. The largest absolute Gasteiger partial charge is 0.489 e. The van der Waals surface area contributed by atoms with Gasteiger partial charge < -0.3 is 15.8 Å². The second-order valence-corrected chi connectivity index (χ2v) is 11.1. The molecule has 0 bridgehead atoms. The first-order valence-corrected chi connectivity index (χ1v) is 14.2. The summed E-state index contributed by atoms with van der Waals surface area (Å²) in [5.41, 5.74) is 5.76. The van der Waals surface area contributed by atoms with Crippen molar-refractivity contribution in [3.63, 3.8) is 0 Å². The van der Waals surface area contributed by atoms with Crippen LogP contribution in [0, 0.1) is 5.82 Å². The molecule has 0 unspecified atom stereocenters. The number of carbonyl (C=O) groups excluding carboxylic acids is 2. The normalized spacial score (nSPS) is 16.4. The van der Waals surface area contributed by atoms with E-state index in [0.29, 0.717) is 11.3 Å². The van der Waals surface area contributed by atoms with E-state index in [1.165, 1.54) is 29.9 Å². The molecule has 8 nitrogen and oxygen atoms in total. The third-order valence-electron chi connectivity index (χ3n) is 8.00. The lowest BCUT2D eigenvalue weighted by molar-refractivity contribution is -0.149. The Morgan fingerprint density at radius 3 is 2.24 bits per heavy atom. The molecule has 1 aliphatic rings. The van der Waals surface area contributed by atoms with Gasteiger partial charge in [-0.05, 0) is 49.4 Å². The predicted octanol–water partition coefficient (Wildman–Crippen LogP) is 5.95. The number of amides is 2. The van der Waals surface area contributed by atoms with Crippen LogP contribution in [0.4, 0.5) is 17.6 Å². The fraction of sp³-hybridized carbons (Fsp3) is 0.176. The molecule has 1 aliphatic heterocycles. The van der Waals surface area contributed by atoms with Gasteiger partial charge in [0, 0.05) is 29.4 Å². The minimum atomic E-state index is -4.87. The van der Waals surface area contributed by atoms with Crippen LogP contribution in [0.25, 0.3) is 28.2 Å². The van der Waals surface area contributed by atoms with E-state index in [0.717, 1.165) is 18.2 Å². The maximum atomic E-state index is 14.7. The van der Waals surface area contributed by atoms with Crippen LogP contribution >= 0.6 is 0 Å². The summed E-state index contributed by atoms with van der Waals surface area (Å²) in [6.07, 6.45) is -3.40. The standard InChI is InChI=1S/C34H27F4N5O3/c1-33(32(39)45)19-46-30-25(33)16-27(41-29(30)21-12-14-22(35)15-13-21)26(34(36,37)38)17-40-31(44)24-18-43(23-10-6-3-7-11-23)42-28(24)20-8-4-2-5-9-20/h2-16,18,26H,17,19H2,1H3,(H2,39,45)(H,40,44)/t26-,33+/m1/s1. The lowest BCUT2D eigenvalue weighted by Gasteiger charge is -2.24. The maximum absolute atomic E-state index is 14.7. The topological polar surface area (TPSA) is 112 Å². The first kappa shape index (κ1) is 30.5. The minimum absolute atomic E-state index is 0.00597. The lowest BCUT2D eigenvalue weighted by Crippen LogP contribution is -2.40. The summed E-state index contributed by atoms with van der Waals surface area (Å²) in [4.78, 5) is 30.4. The first-order chi connectivity index (χ1) is 22.0. The number of pyridine rings is 1. The van der Waals surface area contributed by atoms with Gasteiger partial charge in [-0.1, -0.05) is 48.5 Å². The average molecular weight is 630 g/mol. The summed E-state index contributed by atoms with van der Waals surface area (Å²) in [5, 5.41) is 7.00. The highest BCUT2D eigenvalue weighted by Crippen LogP contribution is 2.46. The zero-order chi connectivity index (χ0) is 32.6. The summed E-state index contributed by atoms with van der Waals surface area (Å²) in [5.74, 6) is -4.33. The highest BCUT2D eigenvalue weighted by Gasteiger charge is 2.47. The van der Waals surface area contributed by atoms with E-state index in [1.54, 1.807) is 54.6 Å². The van der Waals surface area contributed by atoms with Crippen molar-refractivity contribution in [2.24, 2.45) is 5.73 Å². The Kier molecular flexibility index (Phi) is 7.80.